The molecule has 0 unspecified atom stereocenters. The van der Waals surface area contributed by atoms with Crippen LogP contribution in [0.5, 0.6) is 0 Å². The lowest BCUT2D eigenvalue weighted by Crippen LogP contribution is -2.30. The molecule has 0 aliphatic carbocycles. The van der Waals surface area contributed by atoms with Crippen LogP contribution in [0.2, 0.25) is 0 Å². The third-order valence-electron chi connectivity index (χ3n) is 3.01. The van der Waals surface area contributed by atoms with E-state index in [0.717, 1.165) is 0 Å². The first kappa shape index (κ1) is 17.5. The first-order valence-electron chi connectivity index (χ1n) is 6.97. The highest BCUT2D eigenvalue weighted by molar-refractivity contribution is 7.89. The van der Waals surface area contributed by atoms with Crippen molar-refractivity contribution in [3.05, 3.63) is 24.3 Å². The normalized spacial score (nSPS) is 11.3. The number of para-hydroxylation sites is 1. The second-order valence-electron chi connectivity index (χ2n) is 4.59. The van der Waals surface area contributed by atoms with Gasteiger partial charge in [-0.05, 0) is 25.5 Å². The molecule has 7 heteroatoms. The van der Waals surface area contributed by atoms with Gasteiger partial charge in [0.2, 0.25) is 10.0 Å². The van der Waals surface area contributed by atoms with Gasteiger partial charge in [-0.15, -0.1) is 0 Å². The molecule has 0 saturated heterocycles. The van der Waals surface area contributed by atoms with Crippen LogP contribution in [-0.2, 0) is 14.8 Å². The van der Waals surface area contributed by atoms with Gasteiger partial charge in [0.1, 0.15) is 4.90 Å². The van der Waals surface area contributed by atoms with E-state index >= 15 is 0 Å². The van der Waals surface area contributed by atoms with E-state index in [-0.39, 0.29) is 17.9 Å². The average Bonchev–Trinajstić information content (AvgIpc) is 2.46. The first-order chi connectivity index (χ1) is 9.92. The topological polar surface area (TPSA) is 86.7 Å². The summed E-state index contributed by atoms with van der Waals surface area (Å²) >= 11 is 0. The van der Waals surface area contributed by atoms with E-state index in [2.05, 4.69) is 4.72 Å². The molecule has 0 aliphatic rings. The Balaban J connectivity index is 3.09. The number of rotatable bonds is 9. The smallest absolute Gasteiger partial charge is 0.305 e. The quantitative estimate of drug-likeness (QED) is 0.724. The summed E-state index contributed by atoms with van der Waals surface area (Å²) in [4.78, 5) is 12.7. The summed E-state index contributed by atoms with van der Waals surface area (Å²) in [5, 5.41) is 8.79. The molecular formula is C14H22N2O4S. The summed E-state index contributed by atoms with van der Waals surface area (Å²) in [5.74, 6) is -0.905. The zero-order chi connectivity index (χ0) is 15.9. The summed E-state index contributed by atoms with van der Waals surface area (Å²) < 4.78 is 27.2. The lowest BCUT2D eigenvalue weighted by molar-refractivity contribution is -0.136. The first-order valence-corrected chi connectivity index (χ1v) is 8.46. The van der Waals surface area contributed by atoms with Crippen LogP contribution in [0.15, 0.2) is 29.2 Å². The highest BCUT2D eigenvalue weighted by Crippen LogP contribution is 2.25. The summed E-state index contributed by atoms with van der Waals surface area (Å²) in [6, 6.07) is 6.65. The van der Waals surface area contributed by atoms with Crippen LogP contribution < -0.4 is 9.62 Å². The van der Waals surface area contributed by atoms with E-state index in [4.69, 9.17) is 5.11 Å². The fourth-order valence-electron chi connectivity index (χ4n) is 1.94. The van der Waals surface area contributed by atoms with Crippen molar-refractivity contribution in [2.45, 2.75) is 31.6 Å². The Morgan fingerprint density at radius 3 is 2.52 bits per heavy atom. The SMILES string of the molecule is CCCNS(=O)(=O)c1ccccc1N(CC)CCC(=O)O. The van der Waals surface area contributed by atoms with Gasteiger partial charge in [-0.25, -0.2) is 13.1 Å². The number of nitrogens with zero attached hydrogens (tertiary/aromatic N) is 1. The largest absolute Gasteiger partial charge is 0.481 e. The molecular weight excluding hydrogens is 292 g/mol. The van der Waals surface area contributed by atoms with E-state index in [0.29, 0.717) is 25.2 Å². The molecule has 0 aliphatic heterocycles. The molecule has 0 fully saturated rings. The fraction of sp³-hybridized carbons (Fsp3) is 0.500. The number of nitrogens with one attached hydrogen (secondary N) is 1. The van der Waals surface area contributed by atoms with E-state index in [1.165, 1.54) is 6.07 Å². The molecule has 0 amide bonds. The highest BCUT2D eigenvalue weighted by Gasteiger charge is 2.20. The van der Waals surface area contributed by atoms with Crippen molar-refractivity contribution in [2.75, 3.05) is 24.5 Å². The van der Waals surface area contributed by atoms with Gasteiger partial charge < -0.3 is 10.0 Å². The molecule has 6 nitrogen and oxygen atoms in total. The Hall–Kier alpha value is -1.60. The maximum atomic E-state index is 12.3. The number of benzene rings is 1. The number of carbonyl (C=O) groups is 1. The number of hydrogen-bond acceptors (Lipinski definition) is 4. The molecule has 0 aromatic heterocycles. The van der Waals surface area contributed by atoms with E-state index in [9.17, 15) is 13.2 Å². The van der Waals surface area contributed by atoms with Crippen LogP contribution >= 0.6 is 0 Å². The highest BCUT2D eigenvalue weighted by atomic mass is 32.2. The molecule has 2 N–H and O–H groups in total. The number of carboxylic acids is 1. The van der Waals surface area contributed by atoms with Gasteiger partial charge in [-0.1, -0.05) is 19.1 Å². The molecule has 0 saturated carbocycles. The maximum Gasteiger partial charge on any atom is 0.305 e. The van der Waals surface area contributed by atoms with Crippen LogP contribution in [0.25, 0.3) is 0 Å². The van der Waals surface area contributed by atoms with Crippen molar-refractivity contribution in [2.24, 2.45) is 0 Å². The lowest BCUT2D eigenvalue weighted by atomic mass is 10.2. The Kier molecular flexibility index (Phi) is 6.64. The third-order valence-corrected chi connectivity index (χ3v) is 4.52. The van der Waals surface area contributed by atoms with Crippen molar-refractivity contribution >= 4 is 21.7 Å². The van der Waals surface area contributed by atoms with Gasteiger partial charge in [0.25, 0.3) is 0 Å². The Labute approximate surface area is 125 Å². The van der Waals surface area contributed by atoms with Crippen molar-refractivity contribution in [1.82, 2.24) is 4.72 Å². The predicted octanol–water partition coefficient (Wildman–Crippen LogP) is 1.68. The number of hydrogen-bond donors (Lipinski definition) is 2. The van der Waals surface area contributed by atoms with E-state index in [1.54, 1.807) is 23.1 Å². The lowest BCUT2D eigenvalue weighted by Gasteiger charge is -2.25. The van der Waals surface area contributed by atoms with Crippen molar-refractivity contribution < 1.29 is 18.3 Å². The number of anilines is 1. The predicted molar refractivity (Wildman–Crippen MR) is 82.1 cm³/mol. The van der Waals surface area contributed by atoms with Crippen molar-refractivity contribution in [3.63, 3.8) is 0 Å². The average molecular weight is 314 g/mol. The van der Waals surface area contributed by atoms with E-state index in [1.807, 2.05) is 13.8 Å². The van der Waals surface area contributed by atoms with Gasteiger partial charge in [0.15, 0.2) is 0 Å². The van der Waals surface area contributed by atoms with E-state index < -0.39 is 16.0 Å². The fourth-order valence-corrected chi connectivity index (χ4v) is 3.30. The second kappa shape index (κ2) is 7.99. The molecule has 0 atom stereocenters. The molecule has 1 aromatic carbocycles. The second-order valence-corrected chi connectivity index (χ2v) is 6.32. The van der Waals surface area contributed by atoms with Crippen LogP contribution in [0.1, 0.15) is 26.7 Å². The minimum Gasteiger partial charge on any atom is -0.481 e. The van der Waals surface area contributed by atoms with Gasteiger partial charge in [-0.3, -0.25) is 4.79 Å². The Bertz CT molecular complexity index is 572. The monoisotopic (exact) mass is 314 g/mol. The summed E-state index contributed by atoms with van der Waals surface area (Å²) in [6.45, 7) is 4.93. The zero-order valence-corrected chi connectivity index (χ0v) is 13.2. The Morgan fingerprint density at radius 2 is 1.95 bits per heavy atom. The number of carboxylic acid groups (broad SMARTS) is 1. The molecule has 118 valence electrons. The third kappa shape index (κ3) is 5.02. The summed E-state index contributed by atoms with van der Waals surface area (Å²) in [7, 11) is -3.59. The molecule has 1 aromatic rings. The van der Waals surface area contributed by atoms with Crippen LogP contribution in [0.4, 0.5) is 5.69 Å². The molecule has 0 radical (unpaired) electrons. The standard InChI is InChI=1S/C14H22N2O4S/c1-3-10-15-21(19,20)13-8-6-5-7-12(13)16(4-2)11-9-14(17)18/h5-8,15H,3-4,9-11H2,1-2H3,(H,17,18). The summed E-state index contributed by atoms with van der Waals surface area (Å²) in [6.07, 6.45) is 0.669. The number of aliphatic carboxylic acids is 1. The van der Waals surface area contributed by atoms with Crippen LogP contribution in [0.3, 0.4) is 0 Å². The molecule has 0 heterocycles. The number of sulfonamides is 1. The van der Waals surface area contributed by atoms with Crippen molar-refractivity contribution in [1.29, 1.82) is 0 Å². The molecule has 1 rings (SSSR count). The van der Waals surface area contributed by atoms with Crippen LogP contribution in [0, 0.1) is 0 Å². The van der Waals surface area contributed by atoms with Crippen molar-refractivity contribution in [3.8, 4) is 0 Å². The molecule has 21 heavy (non-hydrogen) atoms. The van der Waals surface area contributed by atoms with Gasteiger partial charge in [0.05, 0.1) is 12.1 Å². The maximum absolute atomic E-state index is 12.3. The van der Waals surface area contributed by atoms with Gasteiger partial charge in [-0.2, -0.15) is 0 Å². The minimum absolute atomic E-state index is 0.0371. The molecule has 0 spiro atoms. The summed E-state index contributed by atoms with van der Waals surface area (Å²) in [5.41, 5.74) is 0.532. The van der Waals surface area contributed by atoms with Gasteiger partial charge in [0, 0.05) is 19.6 Å². The minimum atomic E-state index is -3.59. The Morgan fingerprint density at radius 1 is 1.29 bits per heavy atom. The van der Waals surface area contributed by atoms with Crippen LogP contribution in [-0.4, -0.2) is 39.1 Å². The molecule has 0 bridgehead atoms. The zero-order valence-electron chi connectivity index (χ0n) is 12.4. The van der Waals surface area contributed by atoms with Gasteiger partial charge >= 0.3 is 5.97 Å².